The van der Waals surface area contributed by atoms with Crippen LogP contribution in [-0.4, -0.2) is 68.7 Å². The number of likely N-dealkylation sites (N-methyl/N-ethyl adjacent to an activating group) is 1. The second-order valence-electron chi connectivity index (χ2n) is 11.8. The molecule has 2 aromatic heterocycles. The summed E-state index contributed by atoms with van der Waals surface area (Å²) < 4.78 is 87.2. The average Bonchev–Trinajstić information content (AvgIpc) is 3.10. The number of alkyl halides is 3. The van der Waals surface area contributed by atoms with Gasteiger partial charge in [-0.3, -0.25) is 0 Å². The quantitative estimate of drug-likeness (QED) is 0.162. The first-order chi connectivity index (χ1) is 23.3. The van der Waals surface area contributed by atoms with E-state index in [1.54, 1.807) is 24.3 Å². The number of aromatic nitrogens is 3. The molecular weight excluding hydrogens is 659 g/mol. The van der Waals surface area contributed by atoms with Crippen molar-refractivity contribution >= 4 is 21.9 Å². The Balaban J connectivity index is 1.41. The van der Waals surface area contributed by atoms with Crippen LogP contribution < -0.4 is 18.5 Å². The van der Waals surface area contributed by atoms with E-state index in [1.165, 1.54) is 63.2 Å². The van der Waals surface area contributed by atoms with Gasteiger partial charge in [0.2, 0.25) is 5.88 Å². The van der Waals surface area contributed by atoms with Crippen LogP contribution in [0, 0.1) is 0 Å². The fourth-order valence-corrected chi connectivity index (χ4v) is 7.61. The van der Waals surface area contributed by atoms with Crippen molar-refractivity contribution in [2.24, 2.45) is 0 Å². The number of pyridine rings is 1. The molecule has 0 saturated heterocycles. The lowest BCUT2D eigenvalue weighted by atomic mass is 9.79. The molecule has 14 heteroatoms. The number of benzene rings is 2. The molecule has 10 nitrogen and oxygen atoms in total. The number of ether oxygens (including phenoxy) is 3. The largest absolute Gasteiger partial charge is 0.497 e. The van der Waals surface area contributed by atoms with Gasteiger partial charge in [-0.15, -0.1) is 0 Å². The fourth-order valence-electron chi connectivity index (χ4n) is 6.08. The summed E-state index contributed by atoms with van der Waals surface area (Å²) in [5, 5.41) is 0. The highest BCUT2D eigenvalue weighted by Crippen LogP contribution is 2.39. The Labute approximate surface area is 284 Å². The minimum Gasteiger partial charge on any atom is -0.497 e. The summed E-state index contributed by atoms with van der Waals surface area (Å²) in [6, 6.07) is 14.8. The molecule has 2 heterocycles. The molecule has 1 saturated carbocycles. The smallest absolute Gasteiger partial charge is 0.416 e. The third-order valence-corrected chi connectivity index (χ3v) is 10.4. The Kier molecular flexibility index (Phi) is 10.8. The molecule has 1 aliphatic rings. The van der Waals surface area contributed by atoms with Crippen LogP contribution in [0.1, 0.15) is 47.6 Å². The van der Waals surface area contributed by atoms with Crippen molar-refractivity contribution in [1.82, 2.24) is 19.9 Å². The summed E-state index contributed by atoms with van der Waals surface area (Å²) in [4.78, 5) is 14.6. The standard InChI is InChI=1S/C35H38F3N5O5S/c1-6-28-32(49(44,45)43(33-16-17-39-22-40-33)21-25-10-12-27(46-4)20-31(25)47-5)14-15-34(41-28)48-30-13-11-24(19-29(30)42(2)3)23-8-7-9-26(18-23)35(36,37)38/h6-10,12,14-18,20,22,24,29-30H,1,11,13,19,21H2,2-5H3/t24-,29-,30-/m0/s1. The molecule has 2 aromatic carbocycles. The SMILES string of the molecule is C=Cc1nc(O[C@H]2CC[C@H](c3cccc(C(F)(F)F)c3)C[C@@H]2N(C)C)ccc1S(=O)(=O)N(Cc1ccc(OC)cc1OC)c1ccncn1. The van der Waals surface area contributed by atoms with Gasteiger partial charge in [-0.25, -0.2) is 27.7 Å². The van der Waals surface area contributed by atoms with E-state index in [2.05, 4.69) is 21.5 Å². The maximum absolute atomic E-state index is 14.3. The molecule has 49 heavy (non-hydrogen) atoms. The molecule has 260 valence electrons. The summed E-state index contributed by atoms with van der Waals surface area (Å²) in [6.07, 6.45) is 1.03. The second-order valence-corrected chi connectivity index (χ2v) is 13.6. The van der Waals surface area contributed by atoms with E-state index >= 15 is 0 Å². The lowest BCUT2D eigenvalue weighted by Gasteiger charge is -2.39. The molecule has 0 spiro atoms. The zero-order chi connectivity index (χ0) is 35.3. The average molecular weight is 698 g/mol. The molecular formula is C35H38F3N5O5S. The summed E-state index contributed by atoms with van der Waals surface area (Å²) in [7, 11) is 2.52. The third kappa shape index (κ3) is 7.97. The van der Waals surface area contributed by atoms with Gasteiger partial charge >= 0.3 is 6.18 Å². The van der Waals surface area contributed by atoms with E-state index in [0.717, 1.165) is 10.4 Å². The molecule has 1 aliphatic carbocycles. The topological polar surface area (TPSA) is 107 Å². The molecule has 0 N–H and O–H groups in total. The van der Waals surface area contributed by atoms with E-state index in [0.29, 0.717) is 41.9 Å². The highest BCUT2D eigenvalue weighted by molar-refractivity contribution is 7.92. The predicted molar refractivity (Wildman–Crippen MR) is 179 cm³/mol. The van der Waals surface area contributed by atoms with Gasteiger partial charge in [0, 0.05) is 36.0 Å². The fraction of sp³-hybridized carbons (Fsp3) is 0.343. The van der Waals surface area contributed by atoms with Gasteiger partial charge in [-0.1, -0.05) is 24.8 Å². The van der Waals surface area contributed by atoms with Crippen molar-refractivity contribution in [1.29, 1.82) is 0 Å². The van der Waals surface area contributed by atoms with E-state index in [-0.39, 0.29) is 46.9 Å². The van der Waals surface area contributed by atoms with Crippen LogP contribution in [0.15, 0.2) is 84.7 Å². The summed E-state index contributed by atoms with van der Waals surface area (Å²) in [6.45, 7) is 3.69. The van der Waals surface area contributed by atoms with Crippen LogP contribution in [-0.2, 0) is 22.7 Å². The lowest BCUT2D eigenvalue weighted by Crippen LogP contribution is -2.46. The molecule has 3 atom stereocenters. The van der Waals surface area contributed by atoms with Crippen LogP contribution >= 0.6 is 0 Å². The number of methoxy groups -OCH3 is 2. The number of rotatable bonds is 12. The maximum Gasteiger partial charge on any atom is 0.416 e. The zero-order valence-electron chi connectivity index (χ0n) is 27.6. The number of hydrogen-bond donors (Lipinski definition) is 0. The molecule has 0 radical (unpaired) electrons. The minimum atomic E-state index is -4.42. The van der Waals surface area contributed by atoms with Gasteiger partial charge in [0.15, 0.2) is 0 Å². The Hall–Kier alpha value is -4.69. The lowest BCUT2D eigenvalue weighted by molar-refractivity contribution is -0.137. The number of halogens is 3. The molecule has 4 aromatic rings. The van der Waals surface area contributed by atoms with Gasteiger partial charge < -0.3 is 19.1 Å². The van der Waals surface area contributed by atoms with Crippen molar-refractivity contribution in [2.45, 2.75) is 54.9 Å². The van der Waals surface area contributed by atoms with Crippen LogP contribution in [0.5, 0.6) is 17.4 Å². The minimum absolute atomic E-state index is 0.0808. The normalized spacial score (nSPS) is 18.2. The van der Waals surface area contributed by atoms with Gasteiger partial charge in [0.05, 0.1) is 32.0 Å². The van der Waals surface area contributed by atoms with Crippen LogP contribution in [0.3, 0.4) is 0 Å². The summed E-state index contributed by atoms with van der Waals surface area (Å²) in [5.74, 6) is 1.23. The summed E-state index contributed by atoms with van der Waals surface area (Å²) in [5.41, 5.74) is 0.621. The Morgan fingerprint density at radius 1 is 1.02 bits per heavy atom. The monoisotopic (exact) mass is 697 g/mol. The number of anilines is 1. The molecule has 0 unspecified atom stereocenters. The predicted octanol–water partition coefficient (Wildman–Crippen LogP) is 6.59. The number of sulfonamides is 1. The second kappa shape index (κ2) is 14.8. The van der Waals surface area contributed by atoms with Crippen molar-refractivity contribution in [3.63, 3.8) is 0 Å². The van der Waals surface area contributed by atoms with Gasteiger partial charge in [0.25, 0.3) is 10.0 Å². The van der Waals surface area contributed by atoms with Gasteiger partial charge in [-0.05, 0) is 75.2 Å². The van der Waals surface area contributed by atoms with Crippen molar-refractivity contribution < 1.29 is 35.8 Å². The molecule has 0 amide bonds. The Morgan fingerprint density at radius 2 is 1.82 bits per heavy atom. The van der Waals surface area contributed by atoms with Gasteiger partial charge in [-0.2, -0.15) is 13.2 Å². The van der Waals surface area contributed by atoms with Crippen molar-refractivity contribution in [3.8, 4) is 17.4 Å². The Bertz CT molecular complexity index is 1880. The highest BCUT2D eigenvalue weighted by atomic mass is 32.2. The van der Waals surface area contributed by atoms with Gasteiger partial charge in [0.1, 0.15) is 34.6 Å². The molecule has 1 fully saturated rings. The number of hydrogen-bond acceptors (Lipinski definition) is 9. The van der Waals surface area contributed by atoms with Crippen LogP contribution in [0.4, 0.5) is 19.0 Å². The van der Waals surface area contributed by atoms with E-state index in [1.807, 2.05) is 19.0 Å². The maximum atomic E-state index is 14.3. The molecule has 5 rings (SSSR count). The van der Waals surface area contributed by atoms with Crippen LogP contribution in [0.25, 0.3) is 6.08 Å². The van der Waals surface area contributed by atoms with E-state index < -0.39 is 21.8 Å². The first kappa shape index (κ1) is 35.6. The first-order valence-corrected chi connectivity index (χ1v) is 16.9. The van der Waals surface area contributed by atoms with Crippen molar-refractivity contribution in [3.05, 3.63) is 102 Å². The summed E-state index contributed by atoms with van der Waals surface area (Å²) >= 11 is 0. The van der Waals surface area contributed by atoms with E-state index in [4.69, 9.17) is 14.2 Å². The number of nitrogens with zero attached hydrogens (tertiary/aromatic N) is 5. The van der Waals surface area contributed by atoms with E-state index in [9.17, 15) is 21.6 Å². The first-order valence-electron chi connectivity index (χ1n) is 15.5. The van der Waals surface area contributed by atoms with Crippen molar-refractivity contribution in [2.75, 3.05) is 32.6 Å². The Morgan fingerprint density at radius 3 is 2.47 bits per heavy atom. The molecule has 0 aliphatic heterocycles. The van der Waals surface area contributed by atoms with Crippen LogP contribution in [0.2, 0.25) is 0 Å². The molecule has 0 bridgehead atoms. The zero-order valence-corrected chi connectivity index (χ0v) is 28.4. The highest BCUT2D eigenvalue weighted by Gasteiger charge is 2.37. The third-order valence-electron chi connectivity index (χ3n) is 8.63.